The first-order valence-electron chi connectivity index (χ1n) is 20.6. The van der Waals surface area contributed by atoms with Crippen molar-refractivity contribution in [3.05, 3.63) is 112 Å². The van der Waals surface area contributed by atoms with Gasteiger partial charge < -0.3 is 34.7 Å². The van der Waals surface area contributed by atoms with E-state index in [1.165, 1.54) is 18.1 Å². The van der Waals surface area contributed by atoms with Gasteiger partial charge in [0.15, 0.2) is 0 Å². The Morgan fingerprint density at radius 2 is 1.70 bits per heavy atom. The molecule has 0 radical (unpaired) electrons. The van der Waals surface area contributed by atoms with E-state index in [2.05, 4.69) is 31.2 Å². The maximum atomic E-state index is 13.3. The Morgan fingerprint density at radius 3 is 2.47 bits per heavy atom. The number of esters is 1. The monoisotopic (exact) mass is 893 g/mol. The molecule has 1 fully saturated rings. The van der Waals surface area contributed by atoms with E-state index >= 15 is 0 Å². The van der Waals surface area contributed by atoms with Gasteiger partial charge in [0, 0.05) is 47.2 Å². The fourth-order valence-corrected chi connectivity index (χ4v) is 8.49. The second-order valence-electron chi connectivity index (χ2n) is 15.2. The number of hydrogen-bond acceptors (Lipinski definition) is 13. The summed E-state index contributed by atoms with van der Waals surface area (Å²) < 4.78 is 18.1. The molecule has 2 aromatic heterocycles. The summed E-state index contributed by atoms with van der Waals surface area (Å²) in [7, 11) is 1.29. The van der Waals surface area contributed by atoms with Gasteiger partial charge in [-0.25, -0.2) is 9.48 Å². The second-order valence-corrected chi connectivity index (χ2v) is 15.5. The number of nitrogens with one attached hydrogen (secondary N) is 4. The van der Waals surface area contributed by atoms with Crippen molar-refractivity contribution in [2.45, 2.75) is 50.5 Å². The number of anilines is 1. The van der Waals surface area contributed by atoms with Crippen LogP contribution in [0.3, 0.4) is 0 Å². The number of benzene rings is 3. The summed E-state index contributed by atoms with van der Waals surface area (Å²) in [5.74, 6) is -3.92. The average molecular weight is 894 g/mol. The number of para-hydroxylation sites is 1. The molecule has 0 aliphatic carbocycles. The van der Waals surface area contributed by atoms with Gasteiger partial charge in [0.1, 0.15) is 23.7 Å². The molecule has 3 aliphatic heterocycles. The van der Waals surface area contributed by atoms with Gasteiger partial charge in [-0.1, -0.05) is 41.6 Å². The van der Waals surface area contributed by atoms with Crippen molar-refractivity contribution < 1.29 is 47.8 Å². The van der Waals surface area contributed by atoms with Crippen molar-refractivity contribution in [2.75, 3.05) is 51.3 Å². The molecular formula is C44H44ClN9O10. The van der Waals surface area contributed by atoms with E-state index in [9.17, 15) is 33.6 Å². The average Bonchev–Trinajstić information content (AvgIpc) is 4.00. The number of H-pyrrole nitrogens is 1. The Morgan fingerprint density at radius 1 is 0.922 bits per heavy atom. The lowest BCUT2D eigenvalue weighted by Crippen LogP contribution is -2.54. The van der Waals surface area contributed by atoms with Crippen LogP contribution < -0.4 is 16.0 Å². The molecule has 1 unspecified atom stereocenters. The van der Waals surface area contributed by atoms with Gasteiger partial charge in [0.2, 0.25) is 17.7 Å². The number of ether oxygens (including phenoxy) is 3. The van der Waals surface area contributed by atoms with E-state index in [0.717, 1.165) is 27.1 Å². The van der Waals surface area contributed by atoms with Gasteiger partial charge in [0.05, 0.1) is 70.0 Å². The van der Waals surface area contributed by atoms with Crippen LogP contribution in [0, 0.1) is 0 Å². The maximum absolute atomic E-state index is 13.3. The number of amides is 6. The highest BCUT2D eigenvalue weighted by molar-refractivity contribution is 6.27. The summed E-state index contributed by atoms with van der Waals surface area (Å²) in [5.41, 5.74) is 4.95. The summed E-state index contributed by atoms with van der Waals surface area (Å²) in [4.78, 5) is 95.7. The van der Waals surface area contributed by atoms with Crippen molar-refractivity contribution in [3.8, 4) is 0 Å². The number of carbonyl (C=O) groups is 7. The standard InChI is InChI=1S/C44H44ClN9O10/c1-62-44(61)34-21-30-28-5-2-3-7-31(28)48-38(30)39(53(34)36(56)22-45)25-9-11-26(12-10-25)40(57)47-23-27-24-52(51-50-27)16-18-64-20-19-63-17-15-46-32-8-4-6-29-37(32)43(60)54(42(29)59)33-13-14-35(55)49-41(33)58/h2-12,24,33-34,39,46,48H,13-23H2,1H3,(H,47,57)(H,49,55,58)/t33?,34-,39+/m1/s1. The molecule has 20 heteroatoms. The van der Waals surface area contributed by atoms with E-state index in [4.69, 9.17) is 25.8 Å². The molecule has 0 bridgehead atoms. The zero-order chi connectivity index (χ0) is 44.9. The minimum atomic E-state index is -1.04. The third kappa shape index (κ3) is 8.81. The van der Waals surface area contributed by atoms with Crippen molar-refractivity contribution in [2.24, 2.45) is 0 Å². The highest BCUT2D eigenvalue weighted by Gasteiger charge is 2.46. The minimum absolute atomic E-state index is 0.0421. The van der Waals surface area contributed by atoms with Crippen LogP contribution in [-0.4, -0.2) is 129 Å². The fraction of sp³-hybridized carbons (Fsp3) is 0.341. The van der Waals surface area contributed by atoms with Gasteiger partial charge in [-0.2, -0.15) is 0 Å². The zero-order valence-electron chi connectivity index (χ0n) is 34.6. The summed E-state index contributed by atoms with van der Waals surface area (Å²) in [6, 6.07) is 16.8. The Kier molecular flexibility index (Phi) is 13.1. The Bertz CT molecular complexity index is 2630. The summed E-state index contributed by atoms with van der Waals surface area (Å²) in [6.45, 7) is 2.08. The van der Waals surface area contributed by atoms with E-state index in [1.54, 1.807) is 47.3 Å². The van der Waals surface area contributed by atoms with Gasteiger partial charge in [-0.15, -0.1) is 16.7 Å². The number of methoxy groups -OCH3 is 1. The third-order valence-electron chi connectivity index (χ3n) is 11.4. The molecule has 3 aromatic carbocycles. The number of piperidine rings is 1. The van der Waals surface area contributed by atoms with E-state index < -0.39 is 53.6 Å². The molecule has 4 N–H and O–H groups in total. The van der Waals surface area contributed by atoms with Crippen LogP contribution in [0.4, 0.5) is 5.69 Å². The van der Waals surface area contributed by atoms with Crippen molar-refractivity contribution in [1.82, 2.24) is 40.4 Å². The molecule has 0 spiro atoms. The van der Waals surface area contributed by atoms with Gasteiger partial charge in [0.25, 0.3) is 17.7 Å². The number of imide groups is 2. The second kappa shape index (κ2) is 19.2. The van der Waals surface area contributed by atoms with E-state index in [-0.39, 0.29) is 55.3 Å². The molecule has 1 saturated heterocycles. The smallest absolute Gasteiger partial charge is 0.328 e. The number of aromatic nitrogens is 4. The van der Waals surface area contributed by atoms with Crippen LogP contribution in [-0.2, 0) is 52.9 Å². The molecule has 3 atom stereocenters. The third-order valence-corrected chi connectivity index (χ3v) is 11.6. The lowest BCUT2D eigenvalue weighted by atomic mass is 9.87. The molecule has 5 heterocycles. The van der Waals surface area contributed by atoms with Crippen LogP contribution in [0.25, 0.3) is 10.9 Å². The Labute approximate surface area is 370 Å². The number of alkyl halides is 1. The topological polar surface area (TPSA) is 236 Å². The molecule has 8 rings (SSSR count). The molecule has 6 amide bonds. The first kappa shape index (κ1) is 43.7. The largest absolute Gasteiger partial charge is 0.467 e. The molecule has 3 aliphatic rings. The Hall–Kier alpha value is -6.96. The molecule has 332 valence electrons. The quantitative estimate of drug-likeness (QED) is 0.0455. The fourth-order valence-electron chi connectivity index (χ4n) is 8.35. The first-order valence-corrected chi connectivity index (χ1v) is 21.2. The van der Waals surface area contributed by atoms with E-state index in [0.29, 0.717) is 55.4 Å². The molecule has 5 aromatic rings. The van der Waals surface area contributed by atoms with Gasteiger partial charge in [-0.05, 0) is 47.9 Å². The molecular weight excluding hydrogens is 850 g/mol. The number of halogens is 1. The van der Waals surface area contributed by atoms with Crippen LogP contribution in [0.1, 0.15) is 72.5 Å². The predicted octanol–water partition coefficient (Wildman–Crippen LogP) is 2.49. The highest BCUT2D eigenvalue weighted by Crippen LogP contribution is 2.41. The van der Waals surface area contributed by atoms with Crippen molar-refractivity contribution in [3.63, 3.8) is 0 Å². The lowest BCUT2D eigenvalue weighted by Gasteiger charge is -2.40. The number of rotatable bonds is 17. The van der Waals surface area contributed by atoms with Gasteiger partial charge >= 0.3 is 5.97 Å². The SMILES string of the molecule is COC(=O)[C@H]1Cc2c([nH]c3ccccc23)[C@H](c2ccc(C(=O)NCc3cn(CCOCCOCCNc4cccc5c4C(=O)N(C4CCC(=O)NC4=O)C5=O)nn3)cc2)N1C(=O)CCl. The molecule has 19 nitrogen and oxygen atoms in total. The van der Waals surface area contributed by atoms with E-state index in [1.807, 2.05) is 24.3 Å². The number of hydrogen-bond donors (Lipinski definition) is 4. The Balaban J connectivity index is 0.771. The van der Waals surface area contributed by atoms with Crippen LogP contribution >= 0.6 is 11.6 Å². The maximum Gasteiger partial charge on any atom is 0.328 e. The highest BCUT2D eigenvalue weighted by atomic mass is 35.5. The van der Waals surface area contributed by atoms with Gasteiger partial charge in [-0.3, -0.25) is 39.0 Å². The number of nitrogens with zero attached hydrogens (tertiary/aromatic N) is 5. The minimum Gasteiger partial charge on any atom is -0.467 e. The van der Waals surface area contributed by atoms with Crippen LogP contribution in [0.2, 0.25) is 0 Å². The normalized spacial score (nSPS) is 18.2. The number of fused-ring (bicyclic) bond motifs is 4. The summed E-state index contributed by atoms with van der Waals surface area (Å²) >= 11 is 6.07. The molecule has 0 saturated carbocycles. The number of aromatic amines is 1. The lowest BCUT2D eigenvalue weighted by molar-refractivity contribution is -0.154. The summed E-state index contributed by atoms with van der Waals surface area (Å²) in [6.07, 6.45) is 2.08. The van der Waals surface area contributed by atoms with Crippen LogP contribution in [0.15, 0.2) is 72.9 Å². The number of carbonyl (C=O) groups excluding carboxylic acids is 7. The molecule has 64 heavy (non-hydrogen) atoms. The zero-order valence-corrected chi connectivity index (χ0v) is 35.4. The van der Waals surface area contributed by atoms with Crippen LogP contribution in [0.5, 0.6) is 0 Å². The van der Waals surface area contributed by atoms with Crippen molar-refractivity contribution in [1.29, 1.82) is 0 Å². The van der Waals surface area contributed by atoms with Crippen molar-refractivity contribution >= 4 is 69.6 Å². The predicted molar refractivity (Wildman–Crippen MR) is 228 cm³/mol. The first-order chi connectivity index (χ1) is 31.1. The summed E-state index contributed by atoms with van der Waals surface area (Å²) in [5, 5.41) is 17.4.